The van der Waals surface area contributed by atoms with Crippen LogP contribution in [0.1, 0.15) is 18.1 Å². The summed E-state index contributed by atoms with van der Waals surface area (Å²) >= 11 is 6.06. The fourth-order valence-corrected chi connectivity index (χ4v) is 2.61. The highest BCUT2D eigenvalue weighted by Gasteiger charge is 2.13. The molecule has 2 aromatic rings. The summed E-state index contributed by atoms with van der Waals surface area (Å²) in [5.41, 5.74) is 1.93. The van der Waals surface area contributed by atoms with Crippen molar-refractivity contribution in [2.24, 2.45) is 0 Å². The van der Waals surface area contributed by atoms with Gasteiger partial charge in [-0.05, 0) is 47.9 Å². The van der Waals surface area contributed by atoms with Gasteiger partial charge in [0, 0.05) is 11.6 Å². The second-order valence-corrected chi connectivity index (χ2v) is 5.77. The summed E-state index contributed by atoms with van der Waals surface area (Å²) in [6.07, 6.45) is 0.812. The van der Waals surface area contributed by atoms with Gasteiger partial charge in [-0.3, -0.25) is 4.79 Å². The van der Waals surface area contributed by atoms with E-state index in [1.807, 2.05) is 31.2 Å². The van der Waals surface area contributed by atoms with Crippen molar-refractivity contribution in [2.75, 3.05) is 13.4 Å². The molecule has 126 valence electrons. The van der Waals surface area contributed by atoms with E-state index in [0.717, 1.165) is 23.3 Å². The molecule has 5 nitrogen and oxygen atoms in total. The summed E-state index contributed by atoms with van der Waals surface area (Å²) in [6, 6.07) is 11.0. The zero-order valence-corrected chi connectivity index (χ0v) is 14.1. The quantitative estimate of drug-likeness (QED) is 0.870. The molecule has 0 unspecified atom stereocenters. The highest BCUT2D eigenvalue weighted by molar-refractivity contribution is 6.31. The highest BCUT2D eigenvalue weighted by Crippen LogP contribution is 2.32. The van der Waals surface area contributed by atoms with Crippen LogP contribution in [0.4, 0.5) is 0 Å². The lowest BCUT2D eigenvalue weighted by atomic mass is 10.1. The van der Waals surface area contributed by atoms with Crippen molar-refractivity contribution in [3.63, 3.8) is 0 Å². The normalized spacial score (nSPS) is 12.1. The molecule has 1 amide bonds. The van der Waals surface area contributed by atoms with Crippen LogP contribution in [0.15, 0.2) is 36.4 Å². The van der Waals surface area contributed by atoms with E-state index in [9.17, 15) is 4.79 Å². The molecule has 1 heterocycles. The third kappa shape index (κ3) is 3.92. The van der Waals surface area contributed by atoms with Crippen molar-refractivity contribution in [3.05, 3.63) is 52.5 Å². The molecule has 1 aliphatic rings. The Morgan fingerprint density at radius 1 is 1.21 bits per heavy atom. The van der Waals surface area contributed by atoms with Gasteiger partial charge in [0.05, 0.1) is 0 Å². The Morgan fingerprint density at radius 2 is 2.04 bits per heavy atom. The van der Waals surface area contributed by atoms with Crippen molar-refractivity contribution in [3.8, 4) is 17.2 Å². The molecule has 0 aliphatic carbocycles. The minimum atomic E-state index is -0.194. The molecule has 3 rings (SSSR count). The van der Waals surface area contributed by atoms with Crippen LogP contribution in [0.5, 0.6) is 17.2 Å². The van der Waals surface area contributed by atoms with E-state index < -0.39 is 0 Å². The highest BCUT2D eigenvalue weighted by atomic mass is 35.5. The van der Waals surface area contributed by atoms with Crippen LogP contribution in [-0.2, 0) is 17.8 Å². The number of amides is 1. The first kappa shape index (κ1) is 16.5. The van der Waals surface area contributed by atoms with E-state index in [-0.39, 0.29) is 19.3 Å². The van der Waals surface area contributed by atoms with Crippen molar-refractivity contribution >= 4 is 17.5 Å². The molecular weight excluding hydrogens is 330 g/mol. The fourth-order valence-electron chi connectivity index (χ4n) is 2.36. The molecule has 2 aromatic carbocycles. The number of carbonyl (C=O) groups excluding carboxylic acids is 1. The van der Waals surface area contributed by atoms with E-state index in [4.69, 9.17) is 25.8 Å². The van der Waals surface area contributed by atoms with Gasteiger partial charge in [0.25, 0.3) is 5.91 Å². The van der Waals surface area contributed by atoms with Crippen LogP contribution in [0, 0.1) is 0 Å². The third-order valence-electron chi connectivity index (χ3n) is 3.69. The second-order valence-electron chi connectivity index (χ2n) is 5.36. The molecule has 1 N–H and O–H groups in total. The number of halogens is 1. The van der Waals surface area contributed by atoms with Gasteiger partial charge in [0.15, 0.2) is 18.1 Å². The number of benzene rings is 2. The molecule has 0 bridgehead atoms. The number of nitrogens with one attached hydrogen (secondary N) is 1. The Bertz CT molecular complexity index is 731. The summed E-state index contributed by atoms with van der Waals surface area (Å²) in [5, 5.41) is 3.52. The number of aryl methyl sites for hydroxylation is 1. The average molecular weight is 348 g/mol. The van der Waals surface area contributed by atoms with Crippen molar-refractivity contribution in [1.82, 2.24) is 5.32 Å². The second kappa shape index (κ2) is 7.45. The van der Waals surface area contributed by atoms with Crippen molar-refractivity contribution < 1.29 is 19.0 Å². The number of hydrogen-bond acceptors (Lipinski definition) is 4. The van der Waals surface area contributed by atoms with E-state index in [0.29, 0.717) is 23.1 Å². The van der Waals surface area contributed by atoms with E-state index in [1.165, 1.54) is 0 Å². The minimum absolute atomic E-state index is 0.0463. The molecule has 24 heavy (non-hydrogen) atoms. The van der Waals surface area contributed by atoms with E-state index in [2.05, 4.69) is 5.32 Å². The molecule has 0 saturated carbocycles. The maximum atomic E-state index is 11.9. The SMILES string of the molecule is CCc1cc(OCC(=O)NCc2ccc3c(c2)OCO3)ccc1Cl. The van der Waals surface area contributed by atoms with Gasteiger partial charge in [-0.1, -0.05) is 24.6 Å². The molecule has 6 heteroatoms. The number of rotatable bonds is 6. The first-order chi connectivity index (χ1) is 11.7. The maximum Gasteiger partial charge on any atom is 0.258 e. The van der Waals surface area contributed by atoms with Gasteiger partial charge in [-0.25, -0.2) is 0 Å². The molecule has 0 spiro atoms. The van der Waals surface area contributed by atoms with Gasteiger partial charge < -0.3 is 19.5 Å². The van der Waals surface area contributed by atoms with Crippen LogP contribution < -0.4 is 19.5 Å². The maximum absolute atomic E-state index is 11.9. The minimum Gasteiger partial charge on any atom is -0.484 e. The summed E-state index contributed by atoms with van der Waals surface area (Å²) in [6.45, 7) is 2.61. The summed E-state index contributed by atoms with van der Waals surface area (Å²) in [5.74, 6) is 1.87. The Kier molecular flexibility index (Phi) is 5.11. The standard InChI is InChI=1S/C18H18ClNO4/c1-2-13-8-14(4-5-15(13)19)22-10-18(21)20-9-12-3-6-16-17(7-12)24-11-23-16/h3-8H,2,9-11H2,1H3,(H,20,21). The average Bonchev–Trinajstić information content (AvgIpc) is 3.07. The lowest BCUT2D eigenvalue weighted by Crippen LogP contribution is -2.28. The summed E-state index contributed by atoms with van der Waals surface area (Å²) in [4.78, 5) is 11.9. The predicted octanol–water partition coefficient (Wildman–Crippen LogP) is 3.33. The number of carbonyl (C=O) groups is 1. The Morgan fingerprint density at radius 3 is 2.88 bits per heavy atom. The molecule has 1 aliphatic heterocycles. The lowest BCUT2D eigenvalue weighted by molar-refractivity contribution is -0.123. The molecular formula is C18H18ClNO4. The van der Waals surface area contributed by atoms with Gasteiger partial charge >= 0.3 is 0 Å². The van der Waals surface area contributed by atoms with Gasteiger partial charge in [0.1, 0.15) is 5.75 Å². The van der Waals surface area contributed by atoms with Crippen LogP contribution >= 0.6 is 11.6 Å². The smallest absolute Gasteiger partial charge is 0.258 e. The molecule has 0 atom stereocenters. The zero-order valence-electron chi connectivity index (χ0n) is 13.3. The first-order valence-corrected chi connectivity index (χ1v) is 8.10. The van der Waals surface area contributed by atoms with E-state index in [1.54, 1.807) is 12.1 Å². The molecule has 0 saturated heterocycles. The van der Waals surface area contributed by atoms with Crippen molar-refractivity contribution in [2.45, 2.75) is 19.9 Å². The van der Waals surface area contributed by atoms with Gasteiger partial charge in [0.2, 0.25) is 6.79 Å². The Hall–Kier alpha value is -2.40. The Labute approximate surface area is 145 Å². The molecule has 0 aromatic heterocycles. The largest absolute Gasteiger partial charge is 0.484 e. The van der Waals surface area contributed by atoms with Gasteiger partial charge in [-0.15, -0.1) is 0 Å². The van der Waals surface area contributed by atoms with Crippen LogP contribution in [0.3, 0.4) is 0 Å². The zero-order chi connectivity index (χ0) is 16.9. The monoisotopic (exact) mass is 347 g/mol. The lowest BCUT2D eigenvalue weighted by Gasteiger charge is -2.09. The Balaban J connectivity index is 1.49. The van der Waals surface area contributed by atoms with Gasteiger partial charge in [-0.2, -0.15) is 0 Å². The van der Waals surface area contributed by atoms with Crippen LogP contribution in [-0.4, -0.2) is 19.3 Å². The predicted molar refractivity (Wildman–Crippen MR) is 90.7 cm³/mol. The van der Waals surface area contributed by atoms with Crippen LogP contribution in [0.25, 0.3) is 0 Å². The number of fused-ring (bicyclic) bond motifs is 1. The molecule has 0 fully saturated rings. The summed E-state index contributed by atoms with van der Waals surface area (Å²) in [7, 11) is 0. The third-order valence-corrected chi connectivity index (χ3v) is 4.06. The number of ether oxygens (including phenoxy) is 3. The topological polar surface area (TPSA) is 56.8 Å². The molecule has 0 radical (unpaired) electrons. The van der Waals surface area contributed by atoms with Crippen molar-refractivity contribution in [1.29, 1.82) is 0 Å². The first-order valence-electron chi connectivity index (χ1n) is 7.72. The van der Waals surface area contributed by atoms with Crippen LogP contribution in [0.2, 0.25) is 5.02 Å². The number of hydrogen-bond donors (Lipinski definition) is 1. The fraction of sp³-hybridized carbons (Fsp3) is 0.278. The van der Waals surface area contributed by atoms with E-state index >= 15 is 0 Å². The summed E-state index contributed by atoms with van der Waals surface area (Å²) < 4.78 is 16.1.